The normalized spacial score (nSPS) is 16.0. The number of aliphatic carboxylic acids is 1. The highest BCUT2D eigenvalue weighted by Crippen LogP contribution is 2.07. The van der Waals surface area contributed by atoms with Crippen LogP contribution in [0.4, 0.5) is 0 Å². The molecule has 1 aromatic carbocycles. The molecule has 6 atom stereocenters. The zero-order valence-electron chi connectivity index (χ0n) is 19.5. The molecule has 0 bridgehead atoms. The molecule has 4 amide bonds. The fourth-order valence-electron chi connectivity index (χ4n) is 3.02. The lowest BCUT2D eigenvalue weighted by Crippen LogP contribution is -2.59. The van der Waals surface area contributed by atoms with Gasteiger partial charge in [-0.15, -0.1) is 0 Å². The molecule has 13 nitrogen and oxygen atoms in total. The third kappa shape index (κ3) is 10.1. The van der Waals surface area contributed by atoms with Crippen LogP contribution in [-0.4, -0.2) is 81.3 Å². The third-order valence-electron chi connectivity index (χ3n) is 5.10. The molecule has 1 rings (SSSR count). The number of benzene rings is 1. The maximum atomic E-state index is 13.0. The van der Waals surface area contributed by atoms with Gasteiger partial charge in [0.1, 0.15) is 18.1 Å². The number of aliphatic hydroxyl groups excluding tert-OH is 2. The number of carbonyl (C=O) groups excluding carboxylic acids is 4. The molecule has 0 heterocycles. The number of hydrogen-bond acceptors (Lipinski definition) is 8. The minimum Gasteiger partial charge on any atom is -0.480 e. The van der Waals surface area contributed by atoms with E-state index in [0.29, 0.717) is 5.56 Å². The number of rotatable bonds is 14. The van der Waals surface area contributed by atoms with Gasteiger partial charge in [-0.05, 0) is 25.8 Å². The van der Waals surface area contributed by atoms with Crippen molar-refractivity contribution in [3.63, 3.8) is 0 Å². The van der Waals surface area contributed by atoms with Crippen molar-refractivity contribution >= 4 is 29.6 Å². The highest BCUT2D eigenvalue weighted by Gasteiger charge is 2.32. The third-order valence-corrected chi connectivity index (χ3v) is 5.10. The van der Waals surface area contributed by atoms with E-state index in [1.807, 2.05) is 0 Å². The molecule has 0 aromatic heterocycles. The predicted octanol–water partition coefficient (Wildman–Crippen LogP) is -2.88. The van der Waals surface area contributed by atoms with E-state index in [2.05, 4.69) is 16.0 Å². The van der Waals surface area contributed by atoms with Gasteiger partial charge in [0.2, 0.25) is 23.6 Å². The number of nitrogens with two attached hydrogens (primary N) is 2. The summed E-state index contributed by atoms with van der Waals surface area (Å²) in [6.45, 7) is 2.47. The average molecular weight is 496 g/mol. The second kappa shape index (κ2) is 14.0. The summed E-state index contributed by atoms with van der Waals surface area (Å²) in [6, 6.07) is 2.89. The Morgan fingerprint density at radius 3 is 1.89 bits per heavy atom. The molecular weight excluding hydrogens is 462 g/mol. The molecule has 6 unspecified atom stereocenters. The van der Waals surface area contributed by atoms with Crippen LogP contribution in [-0.2, 0) is 30.4 Å². The lowest BCUT2D eigenvalue weighted by molar-refractivity contribution is -0.145. The molecule has 0 aliphatic rings. The SMILES string of the molecule is CC(O)C(N)C(=O)NC(CCC(N)=O)C(=O)NC(Cc1ccccc1)C(=O)NC(C(=O)O)C(C)O. The van der Waals surface area contributed by atoms with Crippen LogP contribution in [0.15, 0.2) is 30.3 Å². The molecular formula is C22H33N5O8. The number of hydrogen-bond donors (Lipinski definition) is 8. The first-order chi connectivity index (χ1) is 16.3. The summed E-state index contributed by atoms with van der Waals surface area (Å²) in [5.74, 6) is -4.84. The van der Waals surface area contributed by atoms with E-state index in [4.69, 9.17) is 11.5 Å². The summed E-state index contributed by atoms with van der Waals surface area (Å²) in [4.78, 5) is 60.8. The zero-order chi connectivity index (χ0) is 26.7. The molecule has 13 heteroatoms. The van der Waals surface area contributed by atoms with Gasteiger partial charge in [-0.25, -0.2) is 4.79 Å². The average Bonchev–Trinajstić information content (AvgIpc) is 2.78. The van der Waals surface area contributed by atoms with Crippen LogP contribution in [0.5, 0.6) is 0 Å². The first kappa shape index (κ1) is 29.5. The number of primary amides is 1. The Kier molecular flexibility index (Phi) is 11.8. The van der Waals surface area contributed by atoms with Crippen LogP contribution in [0, 0.1) is 0 Å². The number of carboxylic acid groups (broad SMARTS) is 1. The molecule has 10 N–H and O–H groups in total. The van der Waals surface area contributed by atoms with Gasteiger partial charge in [-0.2, -0.15) is 0 Å². The first-order valence-electron chi connectivity index (χ1n) is 10.9. The molecule has 0 aliphatic heterocycles. The van der Waals surface area contributed by atoms with Crippen LogP contribution in [0.2, 0.25) is 0 Å². The van der Waals surface area contributed by atoms with Gasteiger partial charge in [-0.1, -0.05) is 30.3 Å². The number of carboxylic acids is 1. The molecule has 0 saturated heterocycles. The fraction of sp³-hybridized carbons (Fsp3) is 0.500. The number of aliphatic hydroxyl groups is 2. The van der Waals surface area contributed by atoms with Gasteiger partial charge >= 0.3 is 5.97 Å². The monoisotopic (exact) mass is 495 g/mol. The summed E-state index contributed by atoms with van der Waals surface area (Å²) in [7, 11) is 0. The van der Waals surface area contributed by atoms with Crippen molar-refractivity contribution in [2.45, 2.75) is 69.5 Å². The highest BCUT2D eigenvalue weighted by atomic mass is 16.4. The van der Waals surface area contributed by atoms with E-state index in [0.717, 1.165) is 0 Å². The zero-order valence-corrected chi connectivity index (χ0v) is 19.5. The van der Waals surface area contributed by atoms with E-state index in [1.54, 1.807) is 30.3 Å². The van der Waals surface area contributed by atoms with Crippen molar-refractivity contribution in [3.8, 4) is 0 Å². The topological polar surface area (TPSA) is 234 Å². The Hall–Kier alpha value is -3.55. The number of nitrogens with one attached hydrogen (secondary N) is 3. The Balaban J connectivity index is 3.15. The molecule has 1 aromatic rings. The van der Waals surface area contributed by atoms with Crippen LogP contribution in [0.1, 0.15) is 32.3 Å². The van der Waals surface area contributed by atoms with Crippen molar-refractivity contribution < 1.29 is 39.3 Å². The van der Waals surface area contributed by atoms with Crippen molar-refractivity contribution in [1.82, 2.24) is 16.0 Å². The maximum absolute atomic E-state index is 13.0. The van der Waals surface area contributed by atoms with E-state index in [1.165, 1.54) is 13.8 Å². The van der Waals surface area contributed by atoms with Crippen molar-refractivity contribution in [2.75, 3.05) is 0 Å². The molecule has 0 saturated carbocycles. The summed E-state index contributed by atoms with van der Waals surface area (Å²) in [5.41, 5.74) is 11.4. The summed E-state index contributed by atoms with van der Waals surface area (Å²) in [6.07, 6.45) is -3.19. The van der Waals surface area contributed by atoms with Gasteiger partial charge in [0.05, 0.1) is 12.2 Å². The summed E-state index contributed by atoms with van der Waals surface area (Å²) >= 11 is 0. The van der Waals surface area contributed by atoms with Gasteiger partial charge in [0.25, 0.3) is 0 Å². The minimum atomic E-state index is -1.63. The van der Waals surface area contributed by atoms with E-state index in [-0.39, 0.29) is 19.3 Å². The Labute approximate surface area is 202 Å². The van der Waals surface area contributed by atoms with Gasteiger partial charge in [0.15, 0.2) is 6.04 Å². The molecule has 0 spiro atoms. The molecule has 194 valence electrons. The van der Waals surface area contributed by atoms with E-state index >= 15 is 0 Å². The first-order valence-corrected chi connectivity index (χ1v) is 10.9. The van der Waals surface area contributed by atoms with E-state index < -0.39 is 66.0 Å². The number of carbonyl (C=O) groups is 5. The van der Waals surface area contributed by atoms with Crippen LogP contribution in [0.25, 0.3) is 0 Å². The molecule has 0 radical (unpaired) electrons. The lowest BCUT2D eigenvalue weighted by atomic mass is 10.0. The van der Waals surface area contributed by atoms with Gasteiger partial charge in [-0.3, -0.25) is 19.2 Å². The highest BCUT2D eigenvalue weighted by molar-refractivity contribution is 5.94. The molecule has 35 heavy (non-hydrogen) atoms. The Bertz CT molecular complexity index is 893. The van der Waals surface area contributed by atoms with Crippen LogP contribution < -0.4 is 27.4 Å². The van der Waals surface area contributed by atoms with E-state index in [9.17, 15) is 39.3 Å². The smallest absolute Gasteiger partial charge is 0.328 e. The second-order valence-electron chi connectivity index (χ2n) is 8.15. The van der Waals surface area contributed by atoms with Gasteiger partial charge in [0, 0.05) is 12.8 Å². The van der Waals surface area contributed by atoms with Crippen molar-refractivity contribution in [3.05, 3.63) is 35.9 Å². The minimum absolute atomic E-state index is 0.0474. The summed E-state index contributed by atoms with van der Waals surface area (Å²) in [5, 5.41) is 35.5. The second-order valence-corrected chi connectivity index (χ2v) is 8.15. The number of amides is 4. The quantitative estimate of drug-likeness (QED) is 0.132. The van der Waals surface area contributed by atoms with Crippen LogP contribution in [0.3, 0.4) is 0 Å². The Morgan fingerprint density at radius 1 is 0.857 bits per heavy atom. The van der Waals surface area contributed by atoms with Crippen molar-refractivity contribution in [2.24, 2.45) is 11.5 Å². The molecule has 0 aliphatic carbocycles. The predicted molar refractivity (Wildman–Crippen MR) is 123 cm³/mol. The molecule has 0 fully saturated rings. The largest absolute Gasteiger partial charge is 0.480 e. The Morgan fingerprint density at radius 2 is 1.40 bits per heavy atom. The maximum Gasteiger partial charge on any atom is 0.328 e. The fourth-order valence-corrected chi connectivity index (χ4v) is 3.02. The summed E-state index contributed by atoms with van der Waals surface area (Å²) < 4.78 is 0. The van der Waals surface area contributed by atoms with Crippen LogP contribution >= 0.6 is 0 Å². The standard InChI is InChI=1S/C22H33N5O8/c1-11(28)17(24)21(33)25-14(8-9-16(23)30)19(31)26-15(10-13-6-4-3-5-7-13)20(32)27-18(12(2)29)22(34)35/h3-7,11-12,14-15,17-18,28-29H,8-10,24H2,1-2H3,(H2,23,30)(H,25,33)(H,26,31)(H,27,32)(H,34,35). The van der Waals surface area contributed by atoms with Gasteiger partial charge < -0.3 is 42.7 Å². The lowest BCUT2D eigenvalue weighted by Gasteiger charge is -2.26. The van der Waals surface area contributed by atoms with Crippen molar-refractivity contribution in [1.29, 1.82) is 0 Å².